The second-order valence-electron chi connectivity index (χ2n) is 10.6. The number of aryl methyl sites for hydroxylation is 1. The molecule has 1 saturated heterocycles. The lowest BCUT2D eigenvalue weighted by molar-refractivity contribution is -0.142. The highest BCUT2D eigenvalue weighted by atomic mass is 19.4. The SMILES string of the molecule is Cc1nn(CC(F)(F)F)cc1-c1nc(-c2cnn3cc(Oc4ccc(N5CCN(C)CC5)nn4)ccc23)ccc1C(C)O. The Morgan fingerprint density at radius 3 is 2.47 bits per heavy atom. The molecule has 1 aliphatic rings. The molecule has 1 N–H and O–H groups in total. The molecular weight excluding hydrogens is 563 g/mol. The van der Waals surface area contributed by atoms with E-state index >= 15 is 0 Å². The minimum atomic E-state index is -4.42. The molecule has 6 rings (SSSR count). The first-order chi connectivity index (χ1) is 20.5. The molecule has 0 aromatic carbocycles. The van der Waals surface area contributed by atoms with Gasteiger partial charge in [0.1, 0.15) is 12.3 Å². The van der Waals surface area contributed by atoms with E-state index in [0.29, 0.717) is 45.4 Å². The van der Waals surface area contributed by atoms with Crippen molar-refractivity contribution in [3.63, 3.8) is 0 Å². The molecule has 1 atom stereocenters. The van der Waals surface area contributed by atoms with Gasteiger partial charge in [-0.2, -0.15) is 23.4 Å². The van der Waals surface area contributed by atoms with Crippen LogP contribution in [0.5, 0.6) is 11.6 Å². The highest BCUT2D eigenvalue weighted by Crippen LogP contribution is 2.34. The number of nitrogens with zero attached hydrogens (tertiary/aromatic N) is 9. The maximum absolute atomic E-state index is 13.0. The van der Waals surface area contributed by atoms with Crippen LogP contribution in [0.1, 0.15) is 24.3 Å². The number of anilines is 1. The number of hydrogen-bond donors (Lipinski definition) is 1. The average Bonchev–Trinajstić information content (AvgIpc) is 3.55. The third-order valence-corrected chi connectivity index (χ3v) is 7.36. The summed E-state index contributed by atoms with van der Waals surface area (Å²) in [6.45, 7) is 5.70. The lowest BCUT2D eigenvalue weighted by Crippen LogP contribution is -2.44. The Balaban J connectivity index is 1.26. The summed E-state index contributed by atoms with van der Waals surface area (Å²) >= 11 is 0. The number of piperazine rings is 1. The Labute approximate surface area is 245 Å². The normalized spacial score (nSPS) is 15.3. The molecule has 11 nitrogen and oxygen atoms in total. The number of likely N-dealkylation sites (N-methyl/N-ethyl adjacent to an activating group) is 1. The molecule has 0 saturated carbocycles. The number of rotatable bonds is 7. The number of aliphatic hydroxyl groups is 1. The number of aromatic nitrogens is 7. The van der Waals surface area contributed by atoms with Crippen molar-refractivity contribution in [3.05, 3.63) is 66.2 Å². The van der Waals surface area contributed by atoms with Gasteiger partial charge in [0.05, 0.1) is 41.1 Å². The fraction of sp³-hybridized carbons (Fsp3) is 0.345. The molecular formula is C29H30F3N9O2. The van der Waals surface area contributed by atoms with Gasteiger partial charge in [0, 0.05) is 55.1 Å². The van der Waals surface area contributed by atoms with Crippen molar-refractivity contribution in [2.24, 2.45) is 0 Å². The van der Waals surface area contributed by atoms with Gasteiger partial charge in [-0.3, -0.25) is 4.68 Å². The zero-order chi connectivity index (χ0) is 30.3. The predicted octanol–water partition coefficient (Wildman–Crippen LogP) is 4.52. The molecule has 1 fully saturated rings. The van der Waals surface area contributed by atoms with E-state index in [1.54, 1.807) is 55.0 Å². The lowest BCUT2D eigenvalue weighted by Gasteiger charge is -2.32. The molecule has 5 aromatic heterocycles. The van der Waals surface area contributed by atoms with Gasteiger partial charge in [0.2, 0.25) is 5.88 Å². The van der Waals surface area contributed by atoms with Gasteiger partial charge in [-0.05, 0) is 45.2 Å². The molecule has 6 heterocycles. The third kappa shape index (κ3) is 6.15. The molecule has 0 amide bonds. The standard InChI is InChI=1S/C29H30F3N9O2/c1-18-23(16-40(37-18)17-29(30,31)32)28-21(19(2)42)5-6-24(34-28)22-14-33-41-15-20(4-7-25(22)41)43-27-9-8-26(35-36-27)39-12-10-38(3)11-13-39/h4-9,14-16,19,42H,10-13,17H2,1-3H3. The van der Waals surface area contributed by atoms with Gasteiger partial charge in [0.25, 0.3) is 0 Å². The van der Waals surface area contributed by atoms with Crippen LogP contribution in [0.2, 0.25) is 0 Å². The van der Waals surface area contributed by atoms with Crippen LogP contribution < -0.4 is 9.64 Å². The average molecular weight is 594 g/mol. The minimum Gasteiger partial charge on any atom is -0.436 e. The van der Waals surface area contributed by atoms with Crippen molar-refractivity contribution < 1.29 is 23.0 Å². The topological polar surface area (TPSA) is 110 Å². The fourth-order valence-corrected chi connectivity index (χ4v) is 5.10. The molecule has 0 radical (unpaired) electrons. The van der Waals surface area contributed by atoms with Crippen LogP contribution in [0.3, 0.4) is 0 Å². The fourth-order valence-electron chi connectivity index (χ4n) is 5.10. The number of alkyl halides is 3. The van der Waals surface area contributed by atoms with Gasteiger partial charge in [-0.1, -0.05) is 6.07 Å². The van der Waals surface area contributed by atoms with E-state index in [1.165, 1.54) is 6.20 Å². The van der Waals surface area contributed by atoms with Gasteiger partial charge < -0.3 is 19.6 Å². The lowest BCUT2D eigenvalue weighted by atomic mass is 10.0. The molecule has 224 valence electrons. The molecule has 0 spiro atoms. The van der Waals surface area contributed by atoms with Gasteiger partial charge in [0.15, 0.2) is 5.82 Å². The number of aliphatic hydroxyl groups excluding tert-OH is 1. The Hall–Kier alpha value is -4.56. The summed E-state index contributed by atoms with van der Waals surface area (Å²) in [6, 6.07) is 10.8. The summed E-state index contributed by atoms with van der Waals surface area (Å²) in [4.78, 5) is 9.23. The Bertz CT molecular complexity index is 1740. The van der Waals surface area contributed by atoms with E-state index in [0.717, 1.165) is 42.2 Å². The Morgan fingerprint density at radius 1 is 0.977 bits per heavy atom. The molecule has 1 unspecified atom stereocenters. The zero-order valence-electron chi connectivity index (χ0n) is 23.8. The number of halogens is 3. The highest BCUT2D eigenvalue weighted by molar-refractivity contribution is 5.80. The summed E-state index contributed by atoms with van der Waals surface area (Å²) < 4.78 is 47.4. The number of fused-ring (bicyclic) bond motifs is 1. The maximum atomic E-state index is 13.0. The molecule has 1 aliphatic heterocycles. The van der Waals surface area contributed by atoms with Crippen LogP contribution >= 0.6 is 0 Å². The van der Waals surface area contributed by atoms with Crippen molar-refractivity contribution in [2.45, 2.75) is 32.7 Å². The minimum absolute atomic E-state index is 0.353. The van der Waals surface area contributed by atoms with Crippen LogP contribution in [-0.2, 0) is 6.54 Å². The van der Waals surface area contributed by atoms with Crippen LogP contribution in [0.25, 0.3) is 28.0 Å². The smallest absolute Gasteiger partial charge is 0.408 e. The van der Waals surface area contributed by atoms with Crippen LogP contribution in [0, 0.1) is 6.92 Å². The van der Waals surface area contributed by atoms with Crippen molar-refractivity contribution >= 4 is 11.3 Å². The Morgan fingerprint density at radius 2 is 1.77 bits per heavy atom. The third-order valence-electron chi connectivity index (χ3n) is 7.36. The molecule has 43 heavy (non-hydrogen) atoms. The highest BCUT2D eigenvalue weighted by Gasteiger charge is 2.29. The largest absolute Gasteiger partial charge is 0.436 e. The van der Waals surface area contributed by atoms with Crippen molar-refractivity contribution in [2.75, 3.05) is 38.1 Å². The van der Waals surface area contributed by atoms with Crippen LogP contribution in [-0.4, -0.2) is 84.0 Å². The van der Waals surface area contributed by atoms with Gasteiger partial charge in [-0.15, -0.1) is 10.2 Å². The first-order valence-electron chi connectivity index (χ1n) is 13.8. The van der Waals surface area contributed by atoms with Crippen molar-refractivity contribution in [3.8, 4) is 34.1 Å². The van der Waals surface area contributed by atoms with E-state index < -0.39 is 18.8 Å². The summed E-state index contributed by atoms with van der Waals surface area (Å²) in [5, 5.41) is 27.4. The number of hydrogen-bond acceptors (Lipinski definition) is 9. The monoisotopic (exact) mass is 593 g/mol. The van der Waals surface area contributed by atoms with Crippen molar-refractivity contribution in [1.29, 1.82) is 0 Å². The second-order valence-corrected chi connectivity index (χ2v) is 10.6. The van der Waals surface area contributed by atoms with Gasteiger partial charge in [-0.25, -0.2) is 9.50 Å². The number of ether oxygens (including phenoxy) is 1. The van der Waals surface area contributed by atoms with E-state index in [-0.39, 0.29) is 0 Å². The maximum Gasteiger partial charge on any atom is 0.408 e. The van der Waals surface area contributed by atoms with E-state index in [9.17, 15) is 18.3 Å². The quantitative estimate of drug-likeness (QED) is 0.291. The second kappa shape index (κ2) is 11.3. The molecule has 5 aromatic rings. The van der Waals surface area contributed by atoms with Crippen LogP contribution in [0.4, 0.5) is 19.0 Å². The van der Waals surface area contributed by atoms with Crippen LogP contribution in [0.15, 0.2) is 55.0 Å². The number of pyridine rings is 2. The zero-order valence-corrected chi connectivity index (χ0v) is 23.8. The van der Waals surface area contributed by atoms with E-state index in [4.69, 9.17) is 9.72 Å². The van der Waals surface area contributed by atoms with Crippen molar-refractivity contribution in [1.82, 2.24) is 39.5 Å². The summed E-state index contributed by atoms with van der Waals surface area (Å²) in [5.74, 6) is 1.67. The summed E-state index contributed by atoms with van der Waals surface area (Å²) in [5.41, 5.74) is 3.59. The first kappa shape index (κ1) is 28.6. The molecule has 0 bridgehead atoms. The molecule has 0 aliphatic carbocycles. The van der Waals surface area contributed by atoms with E-state index in [2.05, 4.69) is 37.2 Å². The predicted molar refractivity (Wildman–Crippen MR) is 153 cm³/mol. The summed E-state index contributed by atoms with van der Waals surface area (Å²) in [6.07, 6.45) is -0.646. The molecule has 14 heteroatoms. The Kier molecular flexibility index (Phi) is 7.48. The van der Waals surface area contributed by atoms with Gasteiger partial charge >= 0.3 is 6.18 Å². The first-order valence-corrected chi connectivity index (χ1v) is 13.8. The summed E-state index contributed by atoms with van der Waals surface area (Å²) in [7, 11) is 2.10. The van der Waals surface area contributed by atoms with E-state index in [1.807, 2.05) is 12.1 Å².